The summed E-state index contributed by atoms with van der Waals surface area (Å²) in [4.78, 5) is 17.1. The Kier molecular flexibility index (Phi) is 4.93. The number of piperidine rings is 1. The second-order valence-corrected chi connectivity index (χ2v) is 7.31. The number of carbonyl (C=O) groups is 1. The average molecular weight is 309 g/mol. The first-order valence-electron chi connectivity index (χ1n) is 9.05. The van der Waals surface area contributed by atoms with Crippen molar-refractivity contribution in [2.24, 2.45) is 0 Å². The topological polar surface area (TPSA) is 44.8 Å². The van der Waals surface area contributed by atoms with Gasteiger partial charge < -0.3 is 19.9 Å². The number of nitrogens with zero attached hydrogens (tertiary/aromatic N) is 2. The largest absolute Gasteiger partial charge is 0.371 e. The number of ether oxygens (including phenoxy) is 1. The van der Waals surface area contributed by atoms with E-state index in [1.165, 1.54) is 12.8 Å². The van der Waals surface area contributed by atoms with Gasteiger partial charge in [0.15, 0.2) is 0 Å². The van der Waals surface area contributed by atoms with E-state index >= 15 is 0 Å². The molecule has 0 aromatic carbocycles. The lowest BCUT2D eigenvalue weighted by molar-refractivity contribution is -0.0928. The van der Waals surface area contributed by atoms with Gasteiger partial charge in [0.05, 0.1) is 18.8 Å². The van der Waals surface area contributed by atoms with Crippen LogP contribution in [0.5, 0.6) is 0 Å². The van der Waals surface area contributed by atoms with Crippen molar-refractivity contribution >= 4 is 6.03 Å². The number of morpholine rings is 1. The highest BCUT2D eigenvalue weighted by Gasteiger charge is 2.41. The Morgan fingerprint density at radius 3 is 2.77 bits per heavy atom. The molecule has 1 saturated carbocycles. The van der Waals surface area contributed by atoms with Gasteiger partial charge >= 0.3 is 6.03 Å². The third-order valence-corrected chi connectivity index (χ3v) is 5.80. The van der Waals surface area contributed by atoms with Gasteiger partial charge in [0.1, 0.15) is 0 Å². The standard InChI is InChI=1S/C17H31N3O2/c1-3-19-9-6-15(12-14(19)2)18-16(21)20-10-11-22-17(13-20)7-4-5-8-17/h14-15H,3-13H2,1-2H3,(H,18,21)/t14-,15-/m0/s1. The Labute approximate surface area is 134 Å². The van der Waals surface area contributed by atoms with Gasteiger partial charge in [0, 0.05) is 25.2 Å². The summed E-state index contributed by atoms with van der Waals surface area (Å²) < 4.78 is 6.01. The lowest BCUT2D eigenvalue weighted by Crippen LogP contribution is -2.57. The average Bonchev–Trinajstić information content (AvgIpc) is 2.95. The number of nitrogens with one attached hydrogen (secondary N) is 1. The van der Waals surface area contributed by atoms with E-state index in [1.807, 2.05) is 4.90 Å². The van der Waals surface area contributed by atoms with Gasteiger partial charge in [0.25, 0.3) is 0 Å². The molecule has 126 valence electrons. The first-order chi connectivity index (χ1) is 10.6. The van der Waals surface area contributed by atoms with Crippen molar-refractivity contribution in [2.75, 3.05) is 32.8 Å². The van der Waals surface area contributed by atoms with Crippen LogP contribution in [0.2, 0.25) is 0 Å². The van der Waals surface area contributed by atoms with Gasteiger partial charge in [-0.2, -0.15) is 0 Å². The van der Waals surface area contributed by atoms with Gasteiger partial charge in [0.2, 0.25) is 0 Å². The Bertz CT molecular complexity index is 395. The van der Waals surface area contributed by atoms with Crippen molar-refractivity contribution in [2.45, 2.75) is 70.1 Å². The molecule has 3 aliphatic rings. The molecule has 2 heterocycles. The monoisotopic (exact) mass is 309 g/mol. The van der Waals surface area contributed by atoms with Gasteiger partial charge in [-0.1, -0.05) is 19.8 Å². The molecule has 1 spiro atoms. The van der Waals surface area contributed by atoms with E-state index in [0.717, 1.165) is 51.9 Å². The maximum atomic E-state index is 12.6. The highest BCUT2D eigenvalue weighted by Crippen LogP contribution is 2.35. The second-order valence-electron chi connectivity index (χ2n) is 7.31. The van der Waals surface area contributed by atoms with Crippen LogP contribution in [0.25, 0.3) is 0 Å². The van der Waals surface area contributed by atoms with Crippen molar-refractivity contribution in [1.29, 1.82) is 0 Å². The van der Waals surface area contributed by atoms with E-state index in [9.17, 15) is 4.79 Å². The summed E-state index contributed by atoms with van der Waals surface area (Å²) in [5.74, 6) is 0. The summed E-state index contributed by atoms with van der Waals surface area (Å²) in [7, 11) is 0. The molecule has 0 aromatic rings. The van der Waals surface area contributed by atoms with Crippen molar-refractivity contribution in [3.05, 3.63) is 0 Å². The number of rotatable bonds is 2. The predicted molar refractivity (Wildman–Crippen MR) is 87.0 cm³/mol. The van der Waals surface area contributed by atoms with E-state index in [0.29, 0.717) is 18.7 Å². The molecule has 22 heavy (non-hydrogen) atoms. The second kappa shape index (κ2) is 6.75. The zero-order valence-electron chi connectivity index (χ0n) is 14.1. The zero-order valence-corrected chi connectivity index (χ0v) is 14.1. The molecule has 3 rings (SSSR count). The summed E-state index contributed by atoms with van der Waals surface area (Å²) in [6.45, 7) is 8.88. The molecule has 2 aliphatic heterocycles. The number of carbonyl (C=O) groups excluding carboxylic acids is 1. The summed E-state index contributed by atoms with van der Waals surface area (Å²) in [5, 5.41) is 3.27. The van der Waals surface area contributed by atoms with Crippen LogP contribution >= 0.6 is 0 Å². The molecule has 0 bridgehead atoms. The molecule has 5 heteroatoms. The van der Waals surface area contributed by atoms with Crippen LogP contribution in [0, 0.1) is 0 Å². The minimum absolute atomic E-state index is 0.0333. The molecular weight excluding hydrogens is 278 g/mol. The first kappa shape index (κ1) is 16.1. The SMILES string of the molecule is CCN1CC[C@H](NC(=O)N2CCOC3(CCCC3)C2)C[C@@H]1C. The molecule has 0 unspecified atom stereocenters. The molecule has 1 aliphatic carbocycles. The molecule has 1 N–H and O–H groups in total. The fourth-order valence-corrected chi connectivity index (χ4v) is 4.43. The normalized spacial score (nSPS) is 32.4. The molecule has 5 nitrogen and oxygen atoms in total. The Morgan fingerprint density at radius 1 is 1.32 bits per heavy atom. The smallest absolute Gasteiger partial charge is 0.317 e. The molecular formula is C17H31N3O2. The third-order valence-electron chi connectivity index (χ3n) is 5.80. The van der Waals surface area contributed by atoms with Crippen molar-refractivity contribution in [1.82, 2.24) is 15.1 Å². The van der Waals surface area contributed by atoms with Crippen LogP contribution in [0.15, 0.2) is 0 Å². The molecule has 0 aromatic heterocycles. The van der Waals surface area contributed by atoms with E-state index < -0.39 is 0 Å². The maximum absolute atomic E-state index is 12.6. The van der Waals surface area contributed by atoms with Gasteiger partial charge in [-0.05, 0) is 39.2 Å². The minimum atomic E-state index is -0.0333. The number of likely N-dealkylation sites (tertiary alicyclic amines) is 1. The van der Waals surface area contributed by atoms with Crippen LogP contribution in [-0.4, -0.2) is 66.3 Å². The fourth-order valence-electron chi connectivity index (χ4n) is 4.43. The Balaban J connectivity index is 1.51. The number of amides is 2. The van der Waals surface area contributed by atoms with Crippen LogP contribution in [0.1, 0.15) is 52.4 Å². The van der Waals surface area contributed by atoms with E-state index in [2.05, 4.69) is 24.1 Å². The maximum Gasteiger partial charge on any atom is 0.317 e. The molecule has 3 fully saturated rings. The van der Waals surface area contributed by atoms with Crippen molar-refractivity contribution < 1.29 is 9.53 Å². The molecule has 2 amide bonds. The quantitative estimate of drug-likeness (QED) is 0.850. The van der Waals surface area contributed by atoms with Crippen LogP contribution in [0.3, 0.4) is 0 Å². The number of hydrogen-bond donors (Lipinski definition) is 1. The van der Waals surface area contributed by atoms with E-state index in [1.54, 1.807) is 0 Å². The minimum Gasteiger partial charge on any atom is -0.371 e. The van der Waals surface area contributed by atoms with Crippen LogP contribution < -0.4 is 5.32 Å². The van der Waals surface area contributed by atoms with Gasteiger partial charge in [-0.15, -0.1) is 0 Å². The van der Waals surface area contributed by atoms with E-state index in [-0.39, 0.29) is 11.6 Å². The first-order valence-corrected chi connectivity index (χ1v) is 9.05. The summed E-state index contributed by atoms with van der Waals surface area (Å²) in [5.41, 5.74) is -0.0333. The van der Waals surface area contributed by atoms with Crippen LogP contribution in [0.4, 0.5) is 4.79 Å². The van der Waals surface area contributed by atoms with Crippen LogP contribution in [-0.2, 0) is 4.74 Å². The lowest BCUT2D eigenvalue weighted by atomic mass is 9.98. The van der Waals surface area contributed by atoms with Crippen molar-refractivity contribution in [3.8, 4) is 0 Å². The summed E-state index contributed by atoms with van der Waals surface area (Å²) >= 11 is 0. The highest BCUT2D eigenvalue weighted by molar-refractivity contribution is 5.74. The Hall–Kier alpha value is -0.810. The predicted octanol–water partition coefficient (Wildman–Crippen LogP) is 2.21. The summed E-state index contributed by atoms with van der Waals surface area (Å²) in [6.07, 6.45) is 6.84. The zero-order chi connectivity index (χ0) is 15.6. The highest BCUT2D eigenvalue weighted by atomic mass is 16.5. The number of urea groups is 1. The molecule has 2 atom stereocenters. The molecule has 0 radical (unpaired) electrons. The Morgan fingerprint density at radius 2 is 2.09 bits per heavy atom. The van der Waals surface area contributed by atoms with E-state index in [4.69, 9.17) is 4.74 Å². The fraction of sp³-hybridized carbons (Fsp3) is 0.941. The molecule has 2 saturated heterocycles. The third kappa shape index (κ3) is 3.40. The van der Waals surface area contributed by atoms with Gasteiger partial charge in [-0.25, -0.2) is 4.79 Å². The summed E-state index contributed by atoms with van der Waals surface area (Å²) in [6, 6.07) is 1.01. The van der Waals surface area contributed by atoms with Gasteiger partial charge in [-0.3, -0.25) is 0 Å². The number of hydrogen-bond acceptors (Lipinski definition) is 3. The lowest BCUT2D eigenvalue weighted by Gasteiger charge is -2.42. The van der Waals surface area contributed by atoms with Crippen molar-refractivity contribution in [3.63, 3.8) is 0 Å².